The number of halogens is 2. The Labute approximate surface area is 244 Å². The first-order valence-corrected chi connectivity index (χ1v) is 11.2. The molecule has 1 radical (unpaired) electrons. The van der Waals surface area contributed by atoms with Gasteiger partial charge in [0, 0.05) is 49.6 Å². The van der Waals surface area contributed by atoms with Gasteiger partial charge in [-0.15, -0.1) is 20.5 Å². The van der Waals surface area contributed by atoms with E-state index in [1.54, 1.807) is 74.4 Å². The first-order chi connectivity index (χ1) is 16.9. The second-order valence-electron chi connectivity index (χ2n) is 5.37. The molecular weight excluding hydrogens is 659 g/mol. The standard InChI is InChI=1S/2C8H7N5.2ClHO4.Cu.4H2O/c2*1-3-11-7(5-9-1)13-8-6-10-2-4-12-8;2*2-1(3,4)5;;;;;/h2*1-6H,(H,11,12,13);2*(H,2,3,4,5);;4*1H2/q;;;;+2;;;;/p-2. The van der Waals surface area contributed by atoms with E-state index in [4.69, 9.17) is 37.3 Å². The van der Waals surface area contributed by atoms with Crippen molar-refractivity contribution in [3.8, 4) is 0 Å². The average molecular weight is 681 g/mol. The second-order valence-corrected chi connectivity index (χ2v) is 6.88. The summed E-state index contributed by atoms with van der Waals surface area (Å²) in [7, 11) is -9.89. The summed E-state index contributed by atoms with van der Waals surface area (Å²) in [5.74, 6) is 2.62. The van der Waals surface area contributed by atoms with Crippen molar-refractivity contribution in [2.45, 2.75) is 0 Å². The minimum atomic E-state index is -4.94. The second kappa shape index (κ2) is 25.5. The number of anilines is 4. The Morgan fingerprint density at radius 3 is 0.683 bits per heavy atom. The van der Waals surface area contributed by atoms with Gasteiger partial charge in [-0.05, 0) is 0 Å². The van der Waals surface area contributed by atoms with Crippen LogP contribution >= 0.6 is 0 Å². The number of hydrogen-bond acceptors (Lipinski definition) is 18. The molecule has 4 aromatic heterocycles. The summed E-state index contributed by atoms with van der Waals surface area (Å²) < 4.78 is 67.9. The largest absolute Gasteiger partial charge is 2.00 e. The fourth-order valence-corrected chi connectivity index (χ4v) is 1.72. The van der Waals surface area contributed by atoms with E-state index < -0.39 is 20.5 Å². The molecule has 0 bridgehead atoms. The van der Waals surface area contributed by atoms with Crippen molar-refractivity contribution in [1.82, 2.24) is 39.9 Å². The predicted molar refractivity (Wildman–Crippen MR) is 109 cm³/mol. The summed E-state index contributed by atoms with van der Waals surface area (Å²) in [6, 6.07) is 0. The van der Waals surface area contributed by atoms with Gasteiger partial charge in [0.25, 0.3) is 0 Å². The quantitative estimate of drug-likeness (QED) is 0.189. The van der Waals surface area contributed by atoms with E-state index in [1.807, 2.05) is 0 Å². The fraction of sp³-hybridized carbons (Fsp3) is 0. The van der Waals surface area contributed by atoms with Crippen molar-refractivity contribution >= 4 is 23.3 Å². The maximum absolute atomic E-state index is 8.49. The van der Waals surface area contributed by atoms with Crippen LogP contribution < -0.4 is 47.9 Å². The van der Waals surface area contributed by atoms with Crippen molar-refractivity contribution in [3.05, 3.63) is 74.4 Å². The summed E-state index contributed by atoms with van der Waals surface area (Å²) in [6.45, 7) is 0. The summed E-state index contributed by atoms with van der Waals surface area (Å²) >= 11 is 0. The maximum Gasteiger partial charge on any atom is 2.00 e. The SMILES string of the molecule is O.O.O.O.[Cu+2].[O-][Cl+3]([O-])([O-])[O-].[O-][Cl+3]([O-])([O-])[O-].c1cnc(Nc2cnccn2)cn1.c1cnc(Nc2cnccn2)cn1. The van der Waals surface area contributed by atoms with Gasteiger partial charge in [0.2, 0.25) is 0 Å². The van der Waals surface area contributed by atoms with Crippen LogP contribution in [0, 0.1) is 20.5 Å². The number of nitrogens with zero attached hydrogens (tertiary/aromatic N) is 8. The summed E-state index contributed by atoms with van der Waals surface area (Å²) in [5, 5.41) is 5.91. The van der Waals surface area contributed by atoms with E-state index in [-0.39, 0.29) is 39.0 Å². The van der Waals surface area contributed by atoms with Crippen molar-refractivity contribution in [3.63, 3.8) is 0 Å². The van der Waals surface area contributed by atoms with Gasteiger partial charge in [0.15, 0.2) is 0 Å². The van der Waals surface area contributed by atoms with E-state index >= 15 is 0 Å². The Kier molecular flexibility index (Phi) is 29.4. The van der Waals surface area contributed by atoms with Crippen molar-refractivity contribution in [2.75, 3.05) is 10.6 Å². The van der Waals surface area contributed by atoms with Gasteiger partial charge in [-0.1, -0.05) is 0 Å². The molecule has 4 aromatic rings. The van der Waals surface area contributed by atoms with Gasteiger partial charge in [0.1, 0.15) is 23.3 Å². The Morgan fingerprint density at radius 2 is 0.561 bits per heavy atom. The summed E-state index contributed by atoms with van der Waals surface area (Å²) in [6.07, 6.45) is 19.4. The zero-order valence-electron chi connectivity index (χ0n) is 19.8. The van der Waals surface area contributed by atoms with E-state index in [1.165, 1.54) is 0 Å². The average Bonchev–Trinajstić information content (AvgIpc) is 2.80. The van der Waals surface area contributed by atoms with E-state index in [9.17, 15) is 0 Å². The van der Waals surface area contributed by atoms with Crippen LogP contribution in [0.1, 0.15) is 0 Å². The van der Waals surface area contributed by atoms with Crippen molar-refractivity contribution in [1.29, 1.82) is 0 Å². The zero-order chi connectivity index (χ0) is 26.9. The van der Waals surface area contributed by atoms with Crippen LogP contribution in [0.4, 0.5) is 23.3 Å². The summed E-state index contributed by atoms with van der Waals surface area (Å²) in [4.78, 5) is 31.8. The molecule has 41 heavy (non-hydrogen) atoms. The van der Waals surface area contributed by atoms with Crippen LogP contribution in [0.3, 0.4) is 0 Å². The molecule has 0 aliphatic heterocycles. The zero-order valence-corrected chi connectivity index (χ0v) is 22.3. The Bertz CT molecular complexity index is 921. The van der Waals surface area contributed by atoms with E-state index in [0.717, 1.165) is 0 Å². The first-order valence-electron chi connectivity index (χ1n) is 8.72. The third kappa shape index (κ3) is 32.6. The van der Waals surface area contributed by atoms with Crippen molar-refractivity contribution < 1.29 is 96.7 Å². The molecule has 0 spiro atoms. The van der Waals surface area contributed by atoms with Gasteiger partial charge < -0.3 is 32.5 Å². The summed E-state index contributed by atoms with van der Waals surface area (Å²) in [5.41, 5.74) is 0. The molecule has 0 saturated carbocycles. The van der Waals surface area contributed by atoms with Crippen LogP contribution in [0.5, 0.6) is 0 Å². The van der Waals surface area contributed by atoms with Crippen molar-refractivity contribution in [2.24, 2.45) is 0 Å². The molecule has 233 valence electrons. The third-order valence-corrected chi connectivity index (χ3v) is 2.76. The Balaban J connectivity index is -0.000000147. The first kappa shape index (κ1) is 47.3. The van der Waals surface area contributed by atoms with Crippen LogP contribution in [0.25, 0.3) is 0 Å². The Hall–Kier alpha value is -3.46. The topological polar surface area (TPSA) is 438 Å². The monoisotopic (exact) mass is 679 g/mol. The molecule has 0 unspecified atom stereocenters. The molecule has 0 atom stereocenters. The molecule has 0 aliphatic rings. The number of rotatable bonds is 4. The van der Waals surface area contributed by atoms with E-state index in [2.05, 4.69) is 50.5 Å². The molecule has 10 N–H and O–H groups in total. The molecule has 4 rings (SSSR count). The van der Waals surface area contributed by atoms with E-state index in [0.29, 0.717) is 23.3 Å². The fourth-order valence-electron chi connectivity index (χ4n) is 1.72. The minimum absolute atomic E-state index is 0. The smallest absolute Gasteiger partial charge is 0.412 e. The minimum Gasteiger partial charge on any atom is -0.412 e. The maximum atomic E-state index is 8.49. The third-order valence-electron chi connectivity index (χ3n) is 2.76. The van der Waals surface area contributed by atoms with Gasteiger partial charge in [-0.3, -0.25) is 19.9 Å². The molecule has 22 nitrogen and oxygen atoms in total. The number of nitrogens with one attached hydrogen (secondary N) is 2. The molecule has 0 saturated heterocycles. The molecular formula is C16H22Cl2CuN10O12. The van der Waals surface area contributed by atoms with Gasteiger partial charge in [0.05, 0.1) is 24.8 Å². The molecule has 0 aromatic carbocycles. The molecule has 25 heteroatoms. The van der Waals surface area contributed by atoms with Gasteiger partial charge in [-0.2, -0.15) is 0 Å². The number of aromatic nitrogens is 8. The normalized spacial score (nSPS) is 8.98. The molecule has 0 fully saturated rings. The molecule has 0 aliphatic carbocycles. The molecule has 4 heterocycles. The van der Waals surface area contributed by atoms with Crippen LogP contribution in [0.2, 0.25) is 0 Å². The van der Waals surface area contributed by atoms with Gasteiger partial charge >= 0.3 is 17.1 Å². The number of hydrogen-bond donors (Lipinski definition) is 2. The van der Waals surface area contributed by atoms with Crippen LogP contribution in [-0.2, 0) is 17.1 Å². The predicted octanol–water partition coefficient (Wildman–Crippen LogP) is -10.8. The van der Waals surface area contributed by atoms with Crippen LogP contribution in [-0.4, -0.2) is 61.8 Å². The Morgan fingerprint density at radius 1 is 0.390 bits per heavy atom. The van der Waals surface area contributed by atoms with Crippen LogP contribution in [0.15, 0.2) is 74.4 Å². The molecule has 0 amide bonds. The van der Waals surface area contributed by atoms with Gasteiger partial charge in [-0.25, -0.2) is 57.2 Å².